The van der Waals surface area contributed by atoms with Crippen molar-refractivity contribution in [1.82, 2.24) is 10.6 Å². The highest BCUT2D eigenvalue weighted by Gasteiger charge is 2.38. The quantitative estimate of drug-likeness (QED) is 0.713. The molecule has 0 bridgehead atoms. The van der Waals surface area contributed by atoms with Crippen LogP contribution in [-0.4, -0.2) is 37.2 Å². The fraction of sp³-hybridized carbons (Fsp3) is 0.909. The Balaban J connectivity index is 1.85. The normalized spacial score (nSPS) is 29.3. The Morgan fingerprint density at radius 2 is 2.40 bits per heavy atom. The molecule has 1 amide bonds. The first-order valence-corrected chi connectivity index (χ1v) is 5.90. The van der Waals surface area contributed by atoms with E-state index in [9.17, 15) is 4.79 Å². The predicted molar refractivity (Wildman–Crippen MR) is 57.6 cm³/mol. The molecule has 86 valence electrons. The number of morpholine rings is 1. The topological polar surface area (TPSA) is 50.4 Å². The third-order valence-corrected chi connectivity index (χ3v) is 3.60. The molecule has 2 aliphatic rings. The molecule has 1 saturated heterocycles. The van der Waals surface area contributed by atoms with E-state index in [1.165, 1.54) is 6.42 Å². The van der Waals surface area contributed by atoms with Gasteiger partial charge >= 0.3 is 0 Å². The van der Waals surface area contributed by atoms with Gasteiger partial charge in [0.15, 0.2) is 0 Å². The third kappa shape index (κ3) is 2.32. The maximum absolute atomic E-state index is 11.9. The lowest BCUT2D eigenvalue weighted by molar-refractivity contribution is -0.137. The SMILES string of the molecule is CCC1(NC(=O)[C@H]2CNCCO2)CCC1. The van der Waals surface area contributed by atoms with Crippen molar-refractivity contribution in [2.24, 2.45) is 0 Å². The van der Waals surface area contributed by atoms with Gasteiger partial charge in [0.25, 0.3) is 5.91 Å². The molecule has 0 aromatic heterocycles. The van der Waals surface area contributed by atoms with Gasteiger partial charge < -0.3 is 15.4 Å². The molecule has 1 aliphatic heterocycles. The number of nitrogens with one attached hydrogen (secondary N) is 2. The van der Waals surface area contributed by atoms with E-state index >= 15 is 0 Å². The van der Waals surface area contributed by atoms with Crippen LogP contribution in [0.2, 0.25) is 0 Å². The zero-order valence-electron chi connectivity index (χ0n) is 9.34. The smallest absolute Gasteiger partial charge is 0.250 e. The van der Waals surface area contributed by atoms with E-state index in [4.69, 9.17) is 4.74 Å². The van der Waals surface area contributed by atoms with Crippen molar-refractivity contribution < 1.29 is 9.53 Å². The first kappa shape index (κ1) is 10.9. The lowest BCUT2D eigenvalue weighted by Gasteiger charge is -2.43. The van der Waals surface area contributed by atoms with Crippen molar-refractivity contribution in [3.63, 3.8) is 0 Å². The number of rotatable bonds is 3. The second kappa shape index (κ2) is 4.49. The highest BCUT2D eigenvalue weighted by molar-refractivity contribution is 5.82. The van der Waals surface area contributed by atoms with Gasteiger partial charge in [-0.1, -0.05) is 6.92 Å². The molecule has 4 nitrogen and oxygen atoms in total. The summed E-state index contributed by atoms with van der Waals surface area (Å²) < 4.78 is 5.42. The Hall–Kier alpha value is -0.610. The Labute approximate surface area is 90.8 Å². The fourth-order valence-electron chi connectivity index (χ4n) is 2.25. The molecule has 2 N–H and O–H groups in total. The van der Waals surface area contributed by atoms with E-state index < -0.39 is 0 Å². The maximum atomic E-state index is 11.9. The second-order valence-electron chi connectivity index (χ2n) is 4.54. The van der Waals surface area contributed by atoms with Crippen LogP contribution in [0, 0.1) is 0 Å². The standard InChI is InChI=1S/C11H20N2O2/c1-2-11(4-3-5-11)13-10(14)9-8-12-6-7-15-9/h9,12H,2-8H2,1H3,(H,13,14)/t9-/m1/s1. The maximum Gasteiger partial charge on any atom is 0.250 e. The van der Waals surface area contributed by atoms with Gasteiger partial charge in [-0.15, -0.1) is 0 Å². The van der Waals surface area contributed by atoms with Crippen molar-refractivity contribution in [1.29, 1.82) is 0 Å². The van der Waals surface area contributed by atoms with Crippen LogP contribution in [0.3, 0.4) is 0 Å². The van der Waals surface area contributed by atoms with Crippen molar-refractivity contribution in [2.45, 2.75) is 44.2 Å². The van der Waals surface area contributed by atoms with Gasteiger partial charge in [-0.05, 0) is 25.7 Å². The van der Waals surface area contributed by atoms with Crippen LogP contribution in [0.25, 0.3) is 0 Å². The number of carbonyl (C=O) groups excluding carboxylic acids is 1. The van der Waals surface area contributed by atoms with E-state index in [-0.39, 0.29) is 17.6 Å². The molecule has 2 fully saturated rings. The van der Waals surface area contributed by atoms with Crippen LogP contribution in [0.4, 0.5) is 0 Å². The van der Waals surface area contributed by atoms with E-state index in [1.807, 2.05) is 0 Å². The van der Waals surface area contributed by atoms with Crippen LogP contribution in [0.1, 0.15) is 32.6 Å². The molecular weight excluding hydrogens is 192 g/mol. The molecular formula is C11H20N2O2. The largest absolute Gasteiger partial charge is 0.366 e. The van der Waals surface area contributed by atoms with Crippen molar-refractivity contribution in [3.05, 3.63) is 0 Å². The van der Waals surface area contributed by atoms with Crippen LogP contribution in [0.5, 0.6) is 0 Å². The summed E-state index contributed by atoms with van der Waals surface area (Å²) in [6.07, 6.45) is 4.21. The highest BCUT2D eigenvalue weighted by Crippen LogP contribution is 2.34. The summed E-state index contributed by atoms with van der Waals surface area (Å²) in [5, 5.41) is 6.32. The average molecular weight is 212 g/mol. The highest BCUT2D eigenvalue weighted by atomic mass is 16.5. The third-order valence-electron chi connectivity index (χ3n) is 3.60. The number of hydrogen-bond acceptors (Lipinski definition) is 3. The fourth-order valence-corrected chi connectivity index (χ4v) is 2.25. The van der Waals surface area contributed by atoms with Crippen LogP contribution in [-0.2, 0) is 9.53 Å². The Morgan fingerprint density at radius 3 is 2.87 bits per heavy atom. The van der Waals surface area contributed by atoms with E-state index in [0.29, 0.717) is 13.2 Å². The molecule has 1 saturated carbocycles. The Morgan fingerprint density at radius 1 is 1.60 bits per heavy atom. The second-order valence-corrected chi connectivity index (χ2v) is 4.54. The summed E-state index contributed by atoms with van der Waals surface area (Å²) in [4.78, 5) is 11.9. The Bertz CT molecular complexity index is 227. The zero-order valence-corrected chi connectivity index (χ0v) is 9.34. The van der Waals surface area contributed by atoms with E-state index in [2.05, 4.69) is 17.6 Å². The minimum absolute atomic E-state index is 0.0590. The number of ether oxygens (including phenoxy) is 1. The van der Waals surface area contributed by atoms with Gasteiger partial charge in [-0.2, -0.15) is 0 Å². The van der Waals surface area contributed by atoms with Crippen LogP contribution < -0.4 is 10.6 Å². The molecule has 1 atom stereocenters. The van der Waals surface area contributed by atoms with Gasteiger partial charge in [0, 0.05) is 18.6 Å². The van der Waals surface area contributed by atoms with Gasteiger partial charge in [0.1, 0.15) is 6.10 Å². The number of hydrogen-bond donors (Lipinski definition) is 2. The first-order chi connectivity index (χ1) is 7.26. The number of carbonyl (C=O) groups is 1. The van der Waals surface area contributed by atoms with E-state index in [1.54, 1.807) is 0 Å². The molecule has 0 radical (unpaired) electrons. The summed E-state index contributed by atoms with van der Waals surface area (Å²) in [6, 6.07) is 0. The minimum atomic E-state index is -0.289. The minimum Gasteiger partial charge on any atom is -0.366 e. The molecule has 1 aliphatic carbocycles. The summed E-state index contributed by atoms with van der Waals surface area (Å²) in [6.45, 7) is 4.27. The Kier molecular flexibility index (Phi) is 3.26. The van der Waals surface area contributed by atoms with E-state index in [0.717, 1.165) is 25.8 Å². The van der Waals surface area contributed by atoms with Crippen LogP contribution >= 0.6 is 0 Å². The van der Waals surface area contributed by atoms with Gasteiger partial charge in [0.2, 0.25) is 0 Å². The summed E-state index contributed by atoms with van der Waals surface area (Å²) in [5.41, 5.74) is 0.0812. The zero-order chi connectivity index (χ0) is 10.7. The molecule has 1 heterocycles. The lowest BCUT2D eigenvalue weighted by atomic mass is 9.74. The molecule has 0 aromatic carbocycles. The molecule has 15 heavy (non-hydrogen) atoms. The van der Waals surface area contributed by atoms with Crippen molar-refractivity contribution >= 4 is 5.91 Å². The summed E-state index contributed by atoms with van der Waals surface area (Å²) in [5.74, 6) is 0.0590. The molecule has 0 unspecified atom stereocenters. The molecule has 0 aromatic rings. The van der Waals surface area contributed by atoms with Gasteiger partial charge in [0.05, 0.1) is 6.61 Å². The summed E-state index contributed by atoms with van der Waals surface area (Å²) >= 11 is 0. The monoisotopic (exact) mass is 212 g/mol. The number of amides is 1. The lowest BCUT2D eigenvalue weighted by Crippen LogP contribution is -2.58. The van der Waals surface area contributed by atoms with Crippen molar-refractivity contribution in [3.8, 4) is 0 Å². The molecule has 0 spiro atoms. The average Bonchev–Trinajstić information content (AvgIpc) is 2.24. The van der Waals surface area contributed by atoms with Crippen LogP contribution in [0.15, 0.2) is 0 Å². The molecule has 4 heteroatoms. The summed E-state index contributed by atoms with van der Waals surface area (Å²) in [7, 11) is 0. The van der Waals surface area contributed by atoms with Gasteiger partial charge in [-0.3, -0.25) is 4.79 Å². The first-order valence-electron chi connectivity index (χ1n) is 5.90. The van der Waals surface area contributed by atoms with Crippen molar-refractivity contribution in [2.75, 3.05) is 19.7 Å². The molecule has 2 rings (SSSR count). The predicted octanol–water partition coefficient (Wildman–Crippen LogP) is 0.424. The van der Waals surface area contributed by atoms with Gasteiger partial charge in [-0.25, -0.2) is 0 Å².